The van der Waals surface area contributed by atoms with E-state index >= 15 is 0 Å². The normalized spacial score (nSPS) is 10.1. The topological polar surface area (TPSA) is 81.5 Å². The zero-order valence-corrected chi connectivity index (χ0v) is 11.5. The lowest BCUT2D eigenvalue weighted by atomic mass is 10.2. The van der Waals surface area contributed by atoms with Crippen LogP contribution in [-0.2, 0) is 11.4 Å². The molecule has 0 atom stereocenters. The number of nitro groups is 1. The molecule has 0 bridgehead atoms. The van der Waals surface area contributed by atoms with Crippen LogP contribution in [0.1, 0.15) is 15.9 Å². The molecule has 0 saturated carbocycles. The smallest absolute Gasteiger partial charge is 0.269 e. The lowest BCUT2D eigenvalue weighted by molar-refractivity contribution is -0.384. The zero-order chi connectivity index (χ0) is 15.2. The molecular formula is C14H11ClN2O4. The van der Waals surface area contributed by atoms with Crippen LogP contribution in [0.3, 0.4) is 0 Å². The number of carbonyl (C=O) groups excluding carboxylic acids is 1. The van der Waals surface area contributed by atoms with Crippen molar-refractivity contribution in [2.75, 3.05) is 0 Å². The summed E-state index contributed by atoms with van der Waals surface area (Å²) in [6.45, 7) is 0.190. The zero-order valence-electron chi connectivity index (χ0n) is 10.8. The molecule has 0 heterocycles. The molecule has 0 saturated heterocycles. The highest BCUT2D eigenvalue weighted by atomic mass is 35.5. The highest BCUT2D eigenvalue weighted by Crippen LogP contribution is 2.20. The van der Waals surface area contributed by atoms with Gasteiger partial charge in [0.15, 0.2) is 0 Å². The summed E-state index contributed by atoms with van der Waals surface area (Å²) in [5.74, 6) is -0.600. The number of nitro benzene ring substituents is 1. The van der Waals surface area contributed by atoms with Crippen molar-refractivity contribution in [2.24, 2.45) is 0 Å². The predicted molar refractivity (Wildman–Crippen MR) is 76.8 cm³/mol. The molecule has 0 aliphatic carbocycles. The number of nitrogens with zero attached hydrogens (tertiary/aromatic N) is 1. The van der Waals surface area contributed by atoms with Crippen LogP contribution in [0.25, 0.3) is 0 Å². The summed E-state index contributed by atoms with van der Waals surface area (Å²) in [6, 6.07) is 12.9. The fourth-order valence-electron chi connectivity index (χ4n) is 1.63. The molecule has 0 fully saturated rings. The van der Waals surface area contributed by atoms with Gasteiger partial charge in [-0.3, -0.25) is 19.7 Å². The molecular weight excluding hydrogens is 296 g/mol. The lowest BCUT2D eigenvalue weighted by Gasteiger charge is -2.06. The van der Waals surface area contributed by atoms with Gasteiger partial charge in [0.25, 0.3) is 11.6 Å². The number of rotatable bonds is 5. The number of hydrogen-bond acceptors (Lipinski definition) is 4. The van der Waals surface area contributed by atoms with Crippen molar-refractivity contribution in [3.05, 3.63) is 74.8 Å². The van der Waals surface area contributed by atoms with Crippen LogP contribution in [0.4, 0.5) is 5.69 Å². The van der Waals surface area contributed by atoms with E-state index in [9.17, 15) is 14.9 Å². The van der Waals surface area contributed by atoms with E-state index in [2.05, 4.69) is 5.48 Å². The molecule has 0 unspecified atom stereocenters. The number of hydrogen-bond donors (Lipinski definition) is 1. The molecule has 7 heteroatoms. The van der Waals surface area contributed by atoms with Gasteiger partial charge < -0.3 is 0 Å². The Morgan fingerprint density at radius 2 is 1.95 bits per heavy atom. The fraction of sp³-hybridized carbons (Fsp3) is 0.0714. The minimum atomic E-state index is -0.618. The van der Waals surface area contributed by atoms with Gasteiger partial charge in [-0.05, 0) is 11.6 Å². The van der Waals surface area contributed by atoms with Crippen LogP contribution in [0.5, 0.6) is 0 Å². The number of nitrogens with one attached hydrogen (secondary N) is 1. The van der Waals surface area contributed by atoms with Crippen LogP contribution in [0.15, 0.2) is 48.5 Å². The van der Waals surface area contributed by atoms with Crippen molar-refractivity contribution >= 4 is 23.2 Å². The van der Waals surface area contributed by atoms with Crippen LogP contribution >= 0.6 is 11.6 Å². The summed E-state index contributed by atoms with van der Waals surface area (Å²) < 4.78 is 0. The third kappa shape index (κ3) is 4.27. The molecule has 0 aromatic heterocycles. The summed E-state index contributed by atoms with van der Waals surface area (Å²) in [4.78, 5) is 27.0. The maximum Gasteiger partial charge on any atom is 0.275 e. The fourth-order valence-corrected chi connectivity index (χ4v) is 1.86. The number of amides is 1. The Labute approximate surface area is 125 Å². The van der Waals surface area contributed by atoms with E-state index in [-0.39, 0.29) is 22.9 Å². The quantitative estimate of drug-likeness (QED) is 0.679. The molecule has 0 radical (unpaired) electrons. The maximum atomic E-state index is 11.8. The van der Waals surface area contributed by atoms with Crippen LogP contribution in [0.2, 0.25) is 5.02 Å². The highest BCUT2D eigenvalue weighted by molar-refractivity contribution is 6.31. The molecule has 21 heavy (non-hydrogen) atoms. The summed E-state index contributed by atoms with van der Waals surface area (Å²) >= 11 is 5.74. The minimum absolute atomic E-state index is 0.0576. The van der Waals surface area contributed by atoms with Crippen molar-refractivity contribution in [1.29, 1.82) is 0 Å². The maximum absolute atomic E-state index is 11.8. The Kier molecular flexibility index (Phi) is 4.86. The molecule has 0 aliphatic heterocycles. The van der Waals surface area contributed by atoms with Gasteiger partial charge in [0.1, 0.15) is 0 Å². The van der Waals surface area contributed by atoms with E-state index in [4.69, 9.17) is 16.4 Å². The van der Waals surface area contributed by atoms with E-state index in [1.807, 2.05) is 30.3 Å². The van der Waals surface area contributed by atoms with Crippen molar-refractivity contribution in [2.45, 2.75) is 6.61 Å². The van der Waals surface area contributed by atoms with Gasteiger partial charge in [-0.2, -0.15) is 0 Å². The first-order valence-electron chi connectivity index (χ1n) is 5.97. The average Bonchev–Trinajstić information content (AvgIpc) is 2.47. The SMILES string of the molecule is O=C(NOCc1ccccc1)c1cc(Cl)cc([N+](=O)[O-])c1. The van der Waals surface area contributed by atoms with Crippen LogP contribution in [0, 0.1) is 10.1 Å². The van der Waals surface area contributed by atoms with Gasteiger partial charge in [-0.25, -0.2) is 5.48 Å². The molecule has 108 valence electrons. The van der Waals surface area contributed by atoms with Gasteiger partial charge in [0, 0.05) is 22.7 Å². The van der Waals surface area contributed by atoms with Gasteiger partial charge in [-0.15, -0.1) is 0 Å². The molecule has 0 spiro atoms. The number of carbonyl (C=O) groups is 1. The van der Waals surface area contributed by atoms with E-state index in [0.29, 0.717) is 0 Å². The molecule has 1 N–H and O–H groups in total. The second-order valence-electron chi connectivity index (χ2n) is 4.16. The molecule has 1 amide bonds. The Morgan fingerprint density at radius 1 is 1.24 bits per heavy atom. The first kappa shape index (κ1) is 15.0. The Balaban J connectivity index is 1.99. The first-order chi connectivity index (χ1) is 10.1. The summed E-state index contributed by atoms with van der Waals surface area (Å²) in [7, 11) is 0. The predicted octanol–water partition coefficient (Wildman–Crippen LogP) is 3.11. The second-order valence-corrected chi connectivity index (χ2v) is 4.60. The van der Waals surface area contributed by atoms with Gasteiger partial charge in [0.05, 0.1) is 11.5 Å². The molecule has 6 nitrogen and oxygen atoms in total. The van der Waals surface area contributed by atoms with Crippen molar-refractivity contribution in [3.8, 4) is 0 Å². The van der Waals surface area contributed by atoms with E-state index < -0.39 is 10.8 Å². The van der Waals surface area contributed by atoms with Crippen LogP contribution in [-0.4, -0.2) is 10.8 Å². The Hall–Kier alpha value is -2.44. The number of benzene rings is 2. The number of halogens is 1. The van der Waals surface area contributed by atoms with E-state index in [1.54, 1.807) is 0 Å². The van der Waals surface area contributed by atoms with Crippen molar-refractivity contribution < 1.29 is 14.6 Å². The van der Waals surface area contributed by atoms with Gasteiger partial charge >= 0.3 is 0 Å². The average molecular weight is 307 g/mol. The molecule has 2 aromatic carbocycles. The highest BCUT2D eigenvalue weighted by Gasteiger charge is 2.14. The van der Waals surface area contributed by atoms with E-state index in [1.165, 1.54) is 12.1 Å². The second kappa shape index (κ2) is 6.83. The lowest BCUT2D eigenvalue weighted by Crippen LogP contribution is -2.23. The number of hydroxylamine groups is 1. The van der Waals surface area contributed by atoms with Gasteiger partial charge in [-0.1, -0.05) is 41.9 Å². The monoisotopic (exact) mass is 306 g/mol. The Morgan fingerprint density at radius 3 is 2.62 bits per heavy atom. The van der Waals surface area contributed by atoms with Crippen molar-refractivity contribution in [3.63, 3.8) is 0 Å². The van der Waals surface area contributed by atoms with Crippen molar-refractivity contribution in [1.82, 2.24) is 5.48 Å². The summed E-state index contributed by atoms with van der Waals surface area (Å²) in [5, 5.41) is 10.8. The Bertz CT molecular complexity index is 661. The number of non-ortho nitro benzene ring substituents is 1. The molecule has 0 aliphatic rings. The minimum Gasteiger partial charge on any atom is -0.269 e. The summed E-state index contributed by atoms with van der Waals surface area (Å²) in [6.07, 6.45) is 0. The van der Waals surface area contributed by atoms with Crippen LogP contribution < -0.4 is 5.48 Å². The van der Waals surface area contributed by atoms with E-state index in [0.717, 1.165) is 11.6 Å². The molecule has 2 rings (SSSR count). The third-order valence-electron chi connectivity index (χ3n) is 2.60. The molecule has 2 aromatic rings. The standard InChI is InChI=1S/C14H11ClN2O4/c15-12-6-11(7-13(8-12)17(19)20)14(18)16-21-9-10-4-2-1-3-5-10/h1-8H,9H2,(H,16,18). The largest absolute Gasteiger partial charge is 0.275 e. The third-order valence-corrected chi connectivity index (χ3v) is 2.82. The first-order valence-corrected chi connectivity index (χ1v) is 6.35. The summed E-state index contributed by atoms with van der Waals surface area (Å²) in [5.41, 5.74) is 2.91. The van der Waals surface area contributed by atoms with Gasteiger partial charge in [0.2, 0.25) is 0 Å².